The van der Waals surface area contributed by atoms with Gasteiger partial charge in [-0.05, 0) is 24.1 Å². The highest BCUT2D eigenvalue weighted by Gasteiger charge is 2.36. The van der Waals surface area contributed by atoms with E-state index < -0.39 is 23.3 Å². The topological polar surface area (TPSA) is 69.1 Å². The van der Waals surface area contributed by atoms with Gasteiger partial charge in [-0.3, -0.25) is 4.79 Å². The lowest BCUT2D eigenvalue weighted by Gasteiger charge is -2.16. The van der Waals surface area contributed by atoms with E-state index in [1.165, 1.54) is 13.0 Å². The van der Waals surface area contributed by atoms with Crippen molar-refractivity contribution in [1.29, 1.82) is 0 Å². The van der Waals surface area contributed by atoms with Crippen molar-refractivity contribution in [3.8, 4) is 0 Å². The van der Waals surface area contributed by atoms with Crippen LogP contribution in [0.15, 0.2) is 12.1 Å². The maximum absolute atomic E-state index is 12.7. The highest BCUT2D eigenvalue weighted by molar-refractivity contribution is 5.95. The van der Waals surface area contributed by atoms with E-state index in [9.17, 15) is 18.0 Å². The molecule has 0 heterocycles. The van der Waals surface area contributed by atoms with E-state index in [4.69, 9.17) is 11.5 Å². The van der Waals surface area contributed by atoms with Crippen molar-refractivity contribution in [2.75, 3.05) is 5.73 Å². The van der Waals surface area contributed by atoms with Gasteiger partial charge in [0.15, 0.2) is 0 Å². The summed E-state index contributed by atoms with van der Waals surface area (Å²) in [5.74, 6) is -0.887. The molecule has 0 saturated carbocycles. The predicted molar refractivity (Wildman–Crippen MR) is 61.0 cm³/mol. The summed E-state index contributed by atoms with van der Waals surface area (Å²) in [7, 11) is 0. The fourth-order valence-corrected chi connectivity index (χ4v) is 1.60. The van der Waals surface area contributed by atoms with Crippen molar-refractivity contribution in [2.45, 2.75) is 19.5 Å². The summed E-state index contributed by atoms with van der Waals surface area (Å²) in [6, 6.07) is 2.26. The van der Waals surface area contributed by atoms with E-state index in [1.54, 1.807) is 0 Å². The number of anilines is 1. The molecule has 96 valence electrons. The number of nitrogen functional groups attached to an aromatic ring is 1. The lowest BCUT2D eigenvalue weighted by atomic mass is 9.96. The molecule has 17 heavy (non-hydrogen) atoms. The molecule has 0 aliphatic heterocycles. The monoisotopic (exact) mass is 268 g/mol. The Kier molecular flexibility index (Phi) is 4.82. The van der Waals surface area contributed by atoms with Gasteiger partial charge in [0.05, 0.1) is 5.56 Å². The number of rotatable bonds is 2. The molecule has 0 aliphatic carbocycles. The van der Waals surface area contributed by atoms with Gasteiger partial charge in [0.2, 0.25) is 5.91 Å². The minimum absolute atomic E-state index is 0. The van der Waals surface area contributed by atoms with E-state index in [1.807, 2.05) is 0 Å². The summed E-state index contributed by atoms with van der Waals surface area (Å²) < 4.78 is 38.1. The number of primary amides is 1. The number of hydrogen-bond acceptors (Lipinski definition) is 2. The van der Waals surface area contributed by atoms with Crippen LogP contribution in [0, 0.1) is 0 Å². The first-order valence-corrected chi connectivity index (χ1v) is 4.57. The zero-order chi connectivity index (χ0) is 12.5. The Balaban J connectivity index is 0.00000256. The zero-order valence-corrected chi connectivity index (χ0v) is 9.78. The molecule has 7 heteroatoms. The molecule has 1 amide bonds. The second kappa shape index (κ2) is 5.27. The van der Waals surface area contributed by atoms with Crippen molar-refractivity contribution in [3.63, 3.8) is 0 Å². The minimum Gasteiger partial charge on any atom is -0.398 e. The summed E-state index contributed by atoms with van der Waals surface area (Å²) >= 11 is 0. The first-order valence-electron chi connectivity index (χ1n) is 4.57. The third-order valence-corrected chi connectivity index (χ3v) is 2.25. The van der Waals surface area contributed by atoms with Crippen LogP contribution in [0.25, 0.3) is 0 Å². The Morgan fingerprint density at radius 2 is 1.88 bits per heavy atom. The smallest absolute Gasteiger partial charge is 0.398 e. The van der Waals surface area contributed by atoms with Gasteiger partial charge in [-0.2, -0.15) is 13.2 Å². The fourth-order valence-electron chi connectivity index (χ4n) is 1.60. The van der Waals surface area contributed by atoms with Gasteiger partial charge in [-0.15, -0.1) is 12.4 Å². The Labute approximate surface area is 102 Å². The minimum atomic E-state index is -4.58. The number of carbonyl (C=O) groups excluding carboxylic acids is 1. The number of benzene rings is 1. The SMILES string of the molecule is CCc1c(C(N)=O)ccc(N)c1C(F)(F)F.Cl. The third kappa shape index (κ3) is 3.03. The Morgan fingerprint density at radius 3 is 2.24 bits per heavy atom. The molecule has 0 radical (unpaired) electrons. The van der Waals surface area contributed by atoms with Crippen LogP contribution in [0.5, 0.6) is 0 Å². The number of alkyl halides is 3. The van der Waals surface area contributed by atoms with Crippen LogP contribution in [0.1, 0.15) is 28.4 Å². The highest BCUT2D eigenvalue weighted by Crippen LogP contribution is 2.37. The van der Waals surface area contributed by atoms with E-state index in [-0.39, 0.29) is 30.0 Å². The number of amides is 1. The lowest BCUT2D eigenvalue weighted by Crippen LogP contribution is -2.19. The summed E-state index contributed by atoms with van der Waals surface area (Å²) in [5.41, 5.74) is 8.64. The number of hydrogen-bond donors (Lipinski definition) is 2. The quantitative estimate of drug-likeness (QED) is 0.809. The number of halogens is 4. The van der Waals surface area contributed by atoms with Gasteiger partial charge in [-0.25, -0.2) is 0 Å². The molecule has 1 aromatic carbocycles. The Morgan fingerprint density at radius 1 is 1.35 bits per heavy atom. The molecule has 3 nitrogen and oxygen atoms in total. The van der Waals surface area contributed by atoms with Crippen molar-refractivity contribution >= 4 is 24.0 Å². The summed E-state index contributed by atoms with van der Waals surface area (Å²) in [6.07, 6.45) is -4.54. The summed E-state index contributed by atoms with van der Waals surface area (Å²) in [4.78, 5) is 11.0. The molecule has 0 aliphatic rings. The van der Waals surface area contributed by atoms with Gasteiger partial charge >= 0.3 is 6.18 Å². The molecule has 0 unspecified atom stereocenters. The third-order valence-electron chi connectivity index (χ3n) is 2.25. The van der Waals surface area contributed by atoms with Gasteiger partial charge in [0.25, 0.3) is 0 Å². The van der Waals surface area contributed by atoms with E-state index in [2.05, 4.69) is 0 Å². The molecule has 0 spiro atoms. The van der Waals surface area contributed by atoms with Crippen molar-refractivity contribution in [3.05, 3.63) is 28.8 Å². The maximum Gasteiger partial charge on any atom is 0.418 e. The first kappa shape index (κ1) is 15.6. The number of carbonyl (C=O) groups is 1. The van der Waals surface area contributed by atoms with Gasteiger partial charge < -0.3 is 11.5 Å². The van der Waals surface area contributed by atoms with Crippen molar-refractivity contribution < 1.29 is 18.0 Å². The Hall–Kier alpha value is -1.43. The average molecular weight is 269 g/mol. The average Bonchev–Trinajstić information content (AvgIpc) is 2.14. The molecule has 0 atom stereocenters. The molecule has 1 rings (SSSR count). The van der Waals surface area contributed by atoms with E-state index in [0.29, 0.717) is 0 Å². The van der Waals surface area contributed by atoms with Crippen LogP contribution in [-0.4, -0.2) is 5.91 Å². The number of nitrogens with two attached hydrogens (primary N) is 2. The van der Waals surface area contributed by atoms with Crippen molar-refractivity contribution in [1.82, 2.24) is 0 Å². The first-order chi connectivity index (χ1) is 7.29. The molecule has 0 fully saturated rings. The molecule has 0 bridgehead atoms. The van der Waals surface area contributed by atoms with Gasteiger partial charge in [-0.1, -0.05) is 6.92 Å². The van der Waals surface area contributed by atoms with Gasteiger partial charge in [0.1, 0.15) is 0 Å². The van der Waals surface area contributed by atoms with Crippen LogP contribution in [0.4, 0.5) is 18.9 Å². The van der Waals surface area contributed by atoms with Crippen LogP contribution in [0.2, 0.25) is 0 Å². The van der Waals surface area contributed by atoms with Crippen molar-refractivity contribution in [2.24, 2.45) is 5.73 Å². The molecule has 0 saturated heterocycles. The van der Waals surface area contributed by atoms with Gasteiger partial charge in [0, 0.05) is 11.3 Å². The second-order valence-electron chi connectivity index (χ2n) is 3.27. The summed E-state index contributed by atoms with van der Waals surface area (Å²) in [6.45, 7) is 1.51. The van der Waals surface area contributed by atoms with Crippen LogP contribution in [0.3, 0.4) is 0 Å². The zero-order valence-electron chi connectivity index (χ0n) is 8.97. The molecular weight excluding hydrogens is 257 g/mol. The lowest BCUT2D eigenvalue weighted by molar-refractivity contribution is -0.137. The standard InChI is InChI=1S/C10H11F3N2O.ClH/c1-2-5-6(9(15)16)3-4-7(14)8(5)10(11,12)13;/h3-4H,2,14H2,1H3,(H2,15,16);1H. The van der Waals surface area contributed by atoms with E-state index >= 15 is 0 Å². The molecule has 0 aromatic heterocycles. The molecule has 1 aromatic rings. The summed E-state index contributed by atoms with van der Waals surface area (Å²) in [5, 5.41) is 0. The van der Waals surface area contributed by atoms with Crippen LogP contribution < -0.4 is 11.5 Å². The van der Waals surface area contributed by atoms with Crippen LogP contribution in [-0.2, 0) is 12.6 Å². The predicted octanol–water partition coefficient (Wildman–Crippen LogP) is 2.37. The second-order valence-corrected chi connectivity index (χ2v) is 3.27. The van der Waals surface area contributed by atoms with E-state index in [0.717, 1.165) is 6.07 Å². The Bertz CT molecular complexity index is 432. The van der Waals surface area contributed by atoms with Crippen LogP contribution >= 0.6 is 12.4 Å². The fraction of sp³-hybridized carbons (Fsp3) is 0.300. The molecule has 4 N–H and O–H groups in total. The molecular formula is C10H12ClF3N2O. The maximum atomic E-state index is 12.7. The largest absolute Gasteiger partial charge is 0.418 e. The highest BCUT2D eigenvalue weighted by atomic mass is 35.5. The normalized spacial score (nSPS) is 10.8.